The van der Waals surface area contributed by atoms with Gasteiger partial charge in [0.1, 0.15) is 5.70 Å². The number of methoxy groups -OCH3 is 2. The van der Waals surface area contributed by atoms with Gasteiger partial charge < -0.3 is 24.0 Å². The lowest BCUT2D eigenvalue weighted by Gasteiger charge is -2.23. The number of carbonyl (C=O) groups is 2. The van der Waals surface area contributed by atoms with E-state index < -0.39 is 11.9 Å². The summed E-state index contributed by atoms with van der Waals surface area (Å²) in [6.45, 7) is 0.757. The lowest BCUT2D eigenvalue weighted by molar-refractivity contribution is -0.139. The van der Waals surface area contributed by atoms with E-state index in [9.17, 15) is 9.59 Å². The number of carbonyl (C=O) groups excluding carboxylic acids is 2. The maximum atomic E-state index is 12.5. The number of aromatic nitrogens is 2. The zero-order chi connectivity index (χ0) is 20.1. The van der Waals surface area contributed by atoms with Crippen molar-refractivity contribution in [3.63, 3.8) is 0 Å². The number of nitrogens with zero attached hydrogens (tertiary/aromatic N) is 3. The van der Waals surface area contributed by atoms with E-state index in [0.29, 0.717) is 18.7 Å². The second kappa shape index (κ2) is 8.53. The molecule has 0 bridgehead atoms. The van der Waals surface area contributed by atoms with Gasteiger partial charge in [0.15, 0.2) is 0 Å². The molecule has 0 atom stereocenters. The van der Waals surface area contributed by atoms with Gasteiger partial charge in [-0.2, -0.15) is 0 Å². The van der Waals surface area contributed by atoms with Gasteiger partial charge in [0.05, 0.1) is 37.2 Å². The van der Waals surface area contributed by atoms with E-state index in [1.54, 1.807) is 29.6 Å². The highest BCUT2D eigenvalue weighted by Gasteiger charge is 2.27. The second-order valence-electron chi connectivity index (χ2n) is 6.00. The van der Waals surface area contributed by atoms with Crippen molar-refractivity contribution in [3.05, 3.63) is 60.2 Å². The zero-order valence-electron chi connectivity index (χ0n) is 15.7. The average molecular weight is 383 g/mol. The molecule has 1 aliphatic rings. The first-order chi connectivity index (χ1) is 13.6. The molecule has 8 heteroatoms. The minimum absolute atomic E-state index is 0.0541. The van der Waals surface area contributed by atoms with Crippen LogP contribution in [0.3, 0.4) is 0 Å². The van der Waals surface area contributed by atoms with E-state index in [-0.39, 0.29) is 17.9 Å². The number of imidazole rings is 1. The molecular formula is C20H21N3O5. The Bertz CT molecular complexity index is 987. The van der Waals surface area contributed by atoms with Crippen LogP contribution in [0.5, 0.6) is 0 Å². The second-order valence-corrected chi connectivity index (χ2v) is 6.00. The Hall–Kier alpha value is -3.39. The van der Waals surface area contributed by atoms with Crippen LogP contribution < -0.4 is 4.90 Å². The predicted molar refractivity (Wildman–Crippen MR) is 103 cm³/mol. The molecular weight excluding hydrogens is 362 g/mol. The summed E-state index contributed by atoms with van der Waals surface area (Å²) < 4.78 is 11.7. The number of aliphatic hydroxyl groups is 1. The molecule has 3 rings (SSSR count). The maximum absolute atomic E-state index is 12.5. The summed E-state index contributed by atoms with van der Waals surface area (Å²) in [5.41, 5.74) is 2.42. The first kappa shape index (κ1) is 19.4. The van der Waals surface area contributed by atoms with Crippen molar-refractivity contribution in [1.82, 2.24) is 9.55 Å². The summed E-state index contributed by atoms with van der Waals surface area (Å²) >= 11 is 0. The molecule has 1 aromatic carbocycles. The van der Waals surface area contributed by atoms with Crippen LogP contribution >= 0.6 is 0 Å². The van der Waals surface area contributed by atoms with Gasteiger partial charge in [0.25, 0.3) is 0 Å². The molecule has 1 aromatic heterocycles. The standard InChI is InChI=1S/C20H21N3O5/c1-27-19(25)15-6-3-4-10-23(18(15)20(26)28-2)14-7-8-17-16(12-14)21-13-22(17)9-5-11-24/h3-4,6-8,10,12-13,24H,5,9,11H2,1-2H3. The molecule has 0 saturated carbocycles. The van der Waals surface area contributed by atoms with E-state index in [1.807, 2.05) is 22.8 Å². The van der Waals surface area contributed by atoms with Crippen LogP contribution in [0.15, 0.2) is 60.2 Å². The monoisotopic (exact) mass is 383 g/mol. The van der Waals surface area contributed by atoms with Crippen molar-refractivity contribution in [2.45, 2.75) is 13.0 Å². The van der Waals surface area contributed by atoms with Crippen molar-refractivity contribution >= 4 is 28.7 Å². The van der Waals surface area contributed by atoms with Gasteiger partial charge in [0.2, 0.25) is 0 Å². The Morgan fingerprint density at radius 1 is 1.14 bits per heavy atom. The SMILES string of the molecule is COC(=O)C1=C(C(=O)OC)N(c2ccc3c(c2)ncn3CCCO)C=CC=C1. The topological polar surface area (TPSA) is 93.9 Å². The lowest BCUT2D eigenvalue weighted by atomic mass is 10.1. The number of allylic oxidation sites excluding steroid dienone is 2. The van der Waals surface area contributed by atoms with Gasteiger partial charge in [-0.05, 0) is 36.8 Å². The molecule has 0 fully saturated rings. The van der Waals surface area contributed by atoms with Crippen molar-refractivity contribution in [2.75, 3.05) is 25.7 Å². The molecule has 146 valence electrons. The molecule has 8 nitrogen and oxygen atoms in total. The number of anilines is 1. The first-order valence-corrected chi connectivity index (χ1v) is 8.71. The van der Waals surface area contributed by atoms with Gasteiger partial charge in [-0.25, -0.2) is 14.6 Å². The minimum Gasteiger partial charge on any atom is -0.465 e. The lowest BCUT2D eigenvalue weighted by Crippen LogP contribution is -2.26. The minimum atomic E-state index is -0.662. The smallest absolute Gasteiger partial charge is 0.355 e. The fourth-order valence-electron chi connectivity index (χ4n) is 2.99. The van der Waals surface area contributed by atoms with Gasteiger partial charge in [-0.1, -0.05) is 6.08 Å². The van der Waals surface area contributed by atoms with E-state index >= 15 is 0 Å². The van der Waals surface area contributed by atoms with Crippen LogP contribution in [0.4, 0.5) is 5.69 Å². The summed E-state index contributed by atoms with van der Waals surface area (Å²) in [5, 5.41) is 9.03. The fraction of sp³-hybridized carbons (Fsp3) is 0.250. The van der Waals surface area contributed by atoms with Gasteiger partial charge in [-0.3, -0.25) is 0 Å². The quantitative estimate of drug-likeness (QED) is 0.762. The Kier molecular flexibility index (Phi) is 5.90. The van der Waals surface area contributed by atoms with E-state index in [1.165, 1.54) is 20.3 Å². The van der Waals surface area contributed by atoms with E-state index in [0.717, 1.165) is 11.0 Å². The van der Waals surface area contributed by atoms with Crippen molar-refractivity contribution in [1.29, 1.82) is 0 Å². The van der Waals surface area contributed by atoms with Crippen molar-refractivity contribution in [3.8, 4) is 0 Å². The van der Waals surface area contributed by atoms with Crippen LogP contribution in [-0.2, 0) is 25.6 Å². The number of aliphatic hydroxyl groups excluding tert-OH is 1. The number of rotatable bonds is 6. The molecule has 0 spiro atoms. The molecule has 1 aliphatic heterocycles. The molecule has 28 heavy (non-hydrogen) atoms. The summed E-state index contributed by atoms with van der Waals surface area (Å²) in [6, 6.07) is 5.53. The van der Waals surface area contributed by atoms with Crippen LogP contribution in [0.25, 0.3) is 11.0 Å². The number of ether oxygens (including phenoxy) is 2. The molecule has 0 unspecified atom stereocenters. The molecule has 0 saturated heterocycles. The molecule has 1 N–H and O–H groups in total. The number of esters is 2. The van der Waals surface area contributed by atoms with Crippen LogP contribution in [0, 0.1) is 0 Å². The Morgan fingerprint density at radius 3 is 2.64 bits per heavy atom. The maximum Gasteiger partial charge on any atom is 0.355 e. The molecule has 0 radical (unpaired) electrons. The van der Waals surface area contributed by atoms with Gasteiger partial charge in [0, 0.05) is 25.0 Å². The summed E-state index contributed by atoms with van der Waals surface area (Å²) in [4.78, 5) is 30.7. The van der Waals surface area contributed by atoms with Crippen molar-refractivity contribution < 1.29 is 24.2 Å². The highest BCUT2D eigenvalue weighted by molar-refractivity contribution is 6.05. The zero-order valence-corrected chi connectivity index (χ0v) is 15.7. The third kappa shape index (κ3) is 3.67. The number of benzene rings is 1. The predicted octanol–water partition coefficient (Wildman–Crippen LogP) is 1.91. The largest absolute Gasteiger partial charge is 0.465 e. The average Bonchev–Trinajstić information content (AvgIpc) is 2.99. The van der Waals surface area contributed by atoms with Crippen molar-refractivity contribution in [2.24, 2.45) is 0 Å². The summed E-state index contributed by atoms with van der Waals surface area (Å²) in [7, 11) is 2.51. The summed E-state index contributed by atoms with van der Waals surface area (Å²) in [5.74, 6) is -1.30. The number of fused-ring (bicyclic) bond motifs is 1. The van der Waals surface area contributed by atoms with Gasteiger partial charge in [-0.15, -0.1) is 0 Å². The molecule has 2 heterocycles. The fourth-order valence-corrected chi connectivity index (χ4v) is 2.99. The third-order valence-electron chi connectivity index (χ3n) is 4.33. The molecule has 0 amide bonds. The number of aryl methyl sites for hydroxylation is 1. The van der Waals surface area contributed by atoms with E-state index in [2.05, 4.69) is 4.98 Å². The number of hydrogen-bond donors (Lipinski definition) is 1. The Morgan fingerprint density at radius 2 is 1.93 bits per heavy atom. The van der Waals surface area contributed by atoms with Crippen LogP contribution in [0.1, 0.15) is 6.42 Å². The van der Waals surface area contributed by atoms with Crippen LogP contribution in [0.2, 0.25) is 0 Å². The Labute approximate surface area is 162 Å². The molecule has 2 aromatic rings. The molecule has 0 aliphatic carbocycles. The van der Waals surface area contributed by atoms with Gasteiger partial charge >= 0.3 is 11.9 Å². The Balaban J connectivity index is 2.09. The number of hydrogen-bond acceptors (Lipinski definition) is 7. The normalized spacial score (nSPS) is 13.8. The third-order valence-corrected chi connectivity index (χ3v) is 4.33. The van der Waals surface area contributed by atoms with Crippen LogP contribution in [-0.4, -0.2) is 47.4 Å². The first-order valence-electron chi connectivity index (χ1n) is 8.71. The summed E-state index contributed by atoms with van der Waals surface area (Å²) in [6.07, 6.45) is 8.88. The highest BCUT2D eigenvalue weighted by Crippen LogP contribution is 2.28. The highest BCUT2D eigenvalue weighted by atomic mass is 16.5. The van der Waals surface area contributed by atoms with E-state index in [4.69, 9.17) is 14.6 Å².